The second-order valence-electron chi connectivity index (χ2n) is 6.68. The number of carbonyl (C=O) groups excluding carboxylic acids is 2. The minimum atomic E-state index is -0.514. The Kier molecular flexibility index (Phi) is 10.1. The van der Waals surface area contributed by atoms with Gasteiger partial charge in [0.1, 0.15) is 11.9 Å². The van der Waals surface area contributed by atoms with Crippen LogP contribution in [-0.4, -0.2) is 49.1 Å². The molecule has 0 saturated carbocycles. The number of nitrogens with zero attached hydrogens (tertiary/aromatic N) is 1. The fourth-order valence-electron chi connectivity index (χ4n) is 3.15. The second-order valence-corrected chi connectivity index (χ2v) is 6.68. The first-order valence-corrected chi connectivity index (χ1v) is 9.28. The predicted molar refractivity (Wildman–Crippen MR) is 106 cm³/mol. The molecule has 1 aliphatic heterocycles. The van der Waals surface area contributed by atoms with Gasteiger partial charge in [0.25, 0.3) is 0 Å². The highest BCUT2D eigenvalue weighted by atomic mass is 35.5. The topological polar surface area (TPSA) is 73.5 Å². The van der Waals surface area contributed by atoms with E-state index in [1.807, 2.05) is 18.9 Å². The zero-order chi connectivity index (χ0) is 18.9. The van der Waals surface area contributed by atoms with Crippen LogP contribution in [0.25, 0.3) is 0 Å². The lowest BCUT2D eigenvalue weighted by Crippen LogP contribution is -2.53. The highest BCUT2D eigenvalue weighted by molar-refractivity contribution is 5.87. The van der Waals surface area contributed by atoms with Crippen LogP contribution in [0.4, 0.5) is 9.18 Å². The maximum absolute atomic E-state index is 12.9. The second kappa shape index (κ2) is 11.8. The van der Waals surface area contributed by atoms with Crippen molar-refractivity contribution in [2.24, 2.45) is 0 Å². The van der Waals surface area contributed by atoms with Crippen molar-refractivity contribution in [3.05, 3.63) is 35.6 Å². The van der Waals surface area contributed by atoms with E-state index in [1.165, 1.54) is 12.1 Å². The first-order chi connectivity index (χ1) is 12.5. The van der Waals surface area contributed by atoms with E-state index in [4.69, 9.17) is 0 Å². The van der Waals surface area contributed by atoms with Crippen molar-refractivity contribution < 1.29 is 14.0 Å². The van der Waals surface area contributed by atoms with Crippen molar-refractivity contribution in [2.75, 3.05) is 20.1 Å². The number of piperidine rings is 1. The molecule has 0 aromatic heterocycles. The number of amides is 3. The molecule has 1 atom stereocenters. The largest absolute Gasteiger partial charge is 0.341 e. The van der Waals surface area contributed by atoms with Crippen molar-refractivity contribution >= 4 is 24.3 Å². The molecule has 1 heterocycles. The minimum absolute atomic E-state index is 0. The number of halogens is 2. The monoisotopic (exact) mass is 400 g/mol. The van der Waals surface area contributed by atoms with Gasteiger partial charge in [0.05, 0.1) is 0 Å². The molecule has 0 spiro atoms. The summed E-state index contributed by atoms with van der Waals surface area (Å²) in [6.07, 6.45) is 3.27. The van der Waals surface area contributed by atoms with Crippen LogP contribution in [0.5, 0.6) is 0 Å². The molecule has 3 N–H and O–H groups in total. The standard InChI is InChI=1S/C19H29FN4O2.ClH/c1-3-4-17(18(25)24-11-9-16(21-2)10-12-24)23-19(26)22-13-14-5-7-15(20)8-6-14;/h5-8,16-17,21H,3-4,9-13H2,1-2H3,(H2,22,23,26);1H. The van der Waals surface area contributed by atoms with Gasteiger partial charge in [0, 0.05) is 25.7 Å². The molecule has 27 heavy (non-hydrogen) atoms. The molecule has 0 radical (unpaired) electrons. The zero-order valence-corrected chi connectivity index (χ0v) is 16.8. The van der Waals surface area contributed by atoms with E-state index in [0.29, 0.717) is 25.6 Å². The Hall–Kier alpha value is -1.86. The van der Waals surface area contributed by atoms with Gasteiger partial charge in [0.15, 0.2) is 0 Å². The molecule has 6 nitrogen and oxygen atoms in total. The molecule has 1 unspecified atom stereocenters. The Labute approximate surface area is 166 Å². The van der Waals surface area contributed by atoms with Gasteiger partial charge in [-0.15, -0.1) is 12.4 Å². The van der Waals surface area contributed by atoms with Gasteiger partial charge in [-0.1, -0.05) is 25.5 Å². The maximum atomic E-state index is 12.9. The van der Waals surface area contributed by atoms with Crippen molar-refractivity contribution in [2.45, 2.75) is 51.2 Å². The van der Waals surface area contributed by atoms with E-state index in [1.54, 1.807) is 12.1 Å². The molecular weight excluding hydrogens is 371 g/mol. The first-order valence-electron chi connectivity index (χ1n) is 9.28. The Bertz CT molecular complexity index is 592. The molecule has 152 valence electrons. The number of benzene rings is 1. The van der Waals surface area contributed by atoms with E-state index in [2.05, 4.69) is 16.0 Å². The van der Waals surface area contributed by atoms with Crippen LogP contribution in [-0.2, 0) is 11.3 Å². The normalized spacial score (nSPS) is 15.6. The smallest absolute Gasteiger partial charge is 0.315 e. The van der Waals surface area contributed by atoms with Gasteiger partial charge in [-0.25, -0.2) is 9.18 Å². The summed E-state index contributed by atoms with van der Waals surface area (Å²) in [6.45, 7) is 3.70. The molecule has 1 saturated heterocycles. The van der Waals surface area contributed by atoms with E-state index < -0.39 is 6.04 Å². The molecular formula is C19H30ClFN4O2. The third kappa shape index (κ3) is 7.34. The Morgan fingerprint density at radius 2 is 1.85 bits per heavy atom. The highest BCUT2D eigenvalue weighted by Crippen LogP contribution is 2.13. The van der Waals surface area contributed by atoms with Crippen LogP contribution in [0.3, 0.4) is 0 Å². The third-order valence-electron chi connectivity index (χ3n) is 4.76. The lowest BCUT2D eigenvalue weighted by molar-refractivity contribution is -0.134. The van der Waals surface area contributed by atoms with E-state index in [0.717, 1.165) is 24.8 Å². The summed E-state index contributed by atoms with van der Waals surface area (Å²) in [5.41, 5.74) is 0.800. The van der Waals surface area contributed by atoms with Crippen molar-refractivity contribution in [3.63, 3.8) is 0 Å². The van der Waals surface area contributed by atoms with Crippen molar-refractivity contribution in [3.8, 4) is 0 Å². The summed E-state index contributed by atoms with van der Waals surface area (Å²) >= 11 is 0. The average Bonchev–Trinajstić information content (AvgIpc) is 2.66. The number of rotatable bonds is 7. The Morgan fingerprint density at radius 3 is 2.41 bits per heavy atom. The lowest BCUT2D eigenvalue weighted by atomic mass is 10.0. The molecule has 1 aliphatic rings. The summed E-state index contributed by atoms with van der Waals surface area (Å²) in [7, 11) is 1.94. The van der Waals surface area contributed by atoms with E-state index in [-0.39, 0.29) is 36.7 Å². The number of urea groups is 1. The van der Waals surface area contributed by atoms with Crippen LogP contribution < -0.4 is 16.0 Å². The number of likely N-dealkylation sites (tertiary alicyclic amines) is 1. The number of nitrogens with one attached hydrogen (secondary N) is 3. The van der Waals surface area contributed by atoms with Crippen LogP contribution in [0.15, 0.2) is 24.3 Å². The molecule has 1 fully saturated rings. The maximum Gasteiger partial charge on any atom is 0.315 e. The summed E-state index contributed by atoms with van der Waals surface area (Å²) in [5, 5.41) is 8.76. The molecule has 3 amide bonds. The van der Waals surface area contributed by atoms with Crippen molar-refractivity contribution in [1.29, 1.82) is 0 Å². The van der Waals surface area contributed by atoms with Gasteiger partial charge < -0.3 is 20.9 Å². The third-order valence-corrected chi connectivity index (χ3v) is 4.76. The highest BCUT2D eigenvalue weighted by Gasteiger charge is 2.28. The van der Waals surface area contributed by atoms with Crippen LogP contribution in [0.2, 0.25) is 0 Å². The Morgan fingerprint density at radius 1 is 1.22 bits per heavy atom. The van der Waals surface area contributed by atoms with Gasteiger partial charge >= 0.3 is 6.03 Å². The van der Waals surface area contributed by atoms with E-state index in [9.17, 15) is 14.0 Å². The minimum Gasteiger partial charge on any atom is -0.341 e. The molecule has 0 aliphatic carbocycles. The van der Waals surface area contributed by atoms with Crippen molar-refractivity contribution in [1.82, 2.24) is 20.9 Å². The van der Waals surface area contributed by atoms with E-state index >= 15 is 0 Å². The quantitative estimate of drug-likeness (QED) is 0.658. The van der Waals surface area contributed by atoms with Gasteiger partial charge in [-0.2, -0.15) is 0 Å². The summed E-state index contributed by atoms with van der Waals surface area (Å²) < 4.78 is 12.9. The zero-order valence-electron chi connectivity index (χ0n) is 16.0. The molecule has 1 aromatic carbocycles. The first kappa shape index (κ1) is 23.2. The number of hydrogen-bond donors (Lipinski definition) is 3. The molecule has 0 bridgehead atoms. The fraction of sp³-hybridized carbons (Fsp3) is 0.579. The summed E-state index contributed by atoms with van der Waals surface area (Å²) in [5.74, 6) is -0.327. The fourth-order valence-corrected chi connectivity index (χ4v) is 3.15. The summed E-state index contributed by atoms with van der Waals surface area (Å²) in [4.78, 5) is 26.8. The van der Waals surface area contributed by atoms with Gasteiger partial charge in [-0.05, 0) is 44.0 Å². The van der Waals surface area contributed by atoms with Crippen LogP contribution in [0.1, 0.15) is 38.2 Å². The average molecular weight is 401 g/mol. The van der Waals surface area contributed by atoms with Crippen LogP contribution in [0, 0.1) is 5.82 Å². The molecule has 1 aromatic rings. The summed E-state index contributed by atoms with van der Waals surface area (Å²) in [6, 6.07) is 5.51. The Balaban J connectivity index is 0.00000364. The number of hydrogen-bond acceptors (Lipinski definition) is 3. The SMILES string of the molecule is CCCC(NC(=O)NCc1ccc(F)cc1)C(=O)N1CCC(NC)CC1.Cl. The van der Waals surface area contributed by atoms with Gasteiger partial charge in [-0.3, -0.25) is 4.79 Å². The van der Waals surface area contributed by atoms with Gasteiger partial charge in [0.2, 0.25) is 5.91 Å². The number of carbonyl (C=O) groups is 2. The molecule has 2 rings (SSSR count). The lowest BCUT2D eigenvalue weighted by Gasteiger charge is -2.34. The van der Waals surface area contributed by atoms with Crippen LogP contribution >= 0.6 is 12.4 Å². The predicted octanol–water partition coefficient (Wildman–Crippen LogP) is 2.43. The molecule has 8 heteroatoms.